The molecule has 1 aromatic carbocycles. The van der Waals surface area contributed by atoms with Gasteiger partial charge in [0.15, 0.2) is 17.0 Å². The van der Waals surface area contributed by atoms with Crippen LogP contribution in [-0.4, -0.2) is 32.6 Å². The summed E-state index contributed by atoms with van der Waals surface area (Å²) >= 11 is 0. The highest BCUT2D eigenvalue weighted by Crippen LogP contribution is 2.21. The van der Waals surface area contributed by atoms with Gasteiger partial charge in [-0.2, -0.15) is 0 Å². The van der Waals surface area contributed by atoms with E-state index < -0.39 is 5.97 Å². The maximum Gasteiger partial charge on any atom is 0.358 e. The van der Waals surface area contributed by atoms with Crippen molar-refractivity contribution in [1.29, 1.82) is 0 Å². The summed E-state index contributed by atoms with van der Waals surface area (Å²) in [4.78, 5) is 24.4. The normalized spacial score (nSPS) is 10.7. The quantitative estimate of drug-likeness (QED) is 0.663. The number of fused-ring (bicyclic) bond motifs is 1. The van der Waals surface area contributed by atoms with Gasteiger partial charge in [0.05, 0.1) is 13.3 Å². The summed E-state index contributed by atoms with van der Waals surface area (Å²) in [6, 6.07) is 9.74. The van der Waals surface area contributed by atoms with Gasteiger partial charge in [-0.05, 0) is 0 Å². The molecule has 20 heavy (non-hydrogen) atoms. The fourth-order valence-corrected chi connectivity index (χ4v) is 2.00. The van der Waals surface area contributed by atoms with Gasteiger partial charge in [0.2, 0.25) is 0 Å². The maximum absolute atomic E-state index is 11.5. The van der Waals surface area contributed by atoms with Gasteiger partial charge in [0.1, 0.15) is 5.82 Å². The van der Waals surface area contributed by atoms with E-state index in [1.807, 2.05) is 41.9 Å². The van der Waals surface area contributed by atoms with Crippen molar-refractivity contribution in [2.75, 3.05) is 7.11 Å². The predicted molar refractivity (Wildman–Crippen MR) is 73.1 cm³/mol. The Labute approximate surface area is 115 Å². The maximum atomic E-state index is 11.5. The fraction of sp³-hybridized carbons (Fsp3) is 0.143. The molecule has 0 aliphatic rings. The molecule has 100 valence electrons. The van der Waals surface area contributed by atoms with Crippen molar-refractivity contribution in [3.05, 3.63) is 42.2 Å². The highest BCUT2D eigenvalue weighted by Gasteiger charge is 2.15. The SMILES string of the molecule is COC(=O)c1cnc2nc(-c3ccccc3)n(C)c2n1. The van der Waals surface area contributed by atoms with Crippen molar-refractivity contribution in [2.45, 2.75) is 0 Å². The number of carbonyl (C=O) groups is 1. The first-order valence-electron chi connectivity index (χ1n) is 6.04. The van der Waals surface area contributed by atoms with Crippen LogP contribution < -0.4 is 0 Å². The summed E-state index contributed by atoms with van der Waals surface area (Å²) in [7, 11) is 3.15. The van der Waals surface area contributed by atoms with Gasteiger partial charge in [-0.25, -0.2) is 19.7 Å². The molecule has 2 heterocycles. The largest absolute Gasteiger partial charge is 0.464 e. The van der Waals surface area contributed by atoms with Gasteiger partial charge >= 0.3 is 5.97 Å². The summed E-state index contributed by atoms with van der Waals surface area (Å²) in [6.07, 6.45) is 1.37. The molecule has 0 atom stereocenters. The number of aryl methyl sites for hydroxylation is 1. The molecule has 0 amide bonds. The van der Waals surface area contributed by atoms with E-state index in [1.165, 1.54) is 13.3 Å². The minimum Gasteiger partial charge on any atom is -0.464 e. The molecular weight excluding hydrogens is 256 g/mol. The third-order valence-electron chi connectivity index (χ3n) is 3.01. The standard InChI is InChI=1S/C14H12N4O2/c1-18-12(9-6-4-3-5-7-9)17-11-13(18)16-10(8-15-11)14(19)20-2/h3-8H,1-2H3. The lowest BCUT2D eigenvalue weighted by Gasteiger charge is -2.01. The van der Waals surface area contributed by atoms with Crippen molar-refractivity contribution in [3.63, 3.8) is 0 Å². The molecule has 6 heteroatoms. The Kier molecular flexibility index (Phi) is 2.90. The summed E-state index contributed by atoms with van der Waals surface area (Å²) in [5, 5.41) is 0. The Morgan fingerprint density at radius 1 is 1.20 bits per heavy atom. The van der Waals surface area contributed by atoms with Crippen LogP contribution in [0.15, 0.2) is 36.5 Å². The highest BCUT2D eigenvalue weighted by molar-refractivity contribution is 5.88. The van der Waals surface area contributed by atoms with Crippen molar-refractivity contribution < 1.29 is 9.53 Å². The zero-order valence-electron chi connectivity index (χ0n) is 11.1. The minimum absolute atomic E-state index is 0.169. The monoisotopic (exact) mass is 268 g/mol. The number of nitrogens with zero attached hydrogens (tertiary/aromatic N) is 4. The highest BCUT2D eigenvalue weighted by atomic mass is 16.5. The van der Waals surface area contributed by atoms with Crippen LogP contribution in [0.2, 0.25) is 0 Å². The molecule has 0 aliphatic carbocycles. The van der Waals surface area contributed by atoms with Crippen LogP contribution in [0.1, 0.15) is 10.5 Å². The molecule has 0 fully saturated rings. The third-order valence-corrected chi connectivity index (χ3v) is 3.01. The number of rotatable bonds is 2. The number of ether oxygens (including phenoxy) is 1. The average molecular weight is 268 g/mol. The molecule has 0 saturated carbocycles. The molecule has 0 aliphatic heterocycles. The summed E-state index contributed by atoms with van der Waals surface area (Å²) in [5.74, 6) is 0.240. The number of hydrogen-bond acceptors (Lipinski definition) is 5. The topological polar surface area (TPSA) is 69.9 Å². The zero-order chi connectivity index (χ0) is 14.1. The van der Waals surface area contributed by atoms with Crippen LogP contribution in [0.4, 0.5) is 0 Å². The number of hydrogen-bond donors (Lipinski definition) is 0. The fourth-order valence-electron chi connectivity index (χ4n) is 2.00. The van der Waals surface area contributed by atoms with E-state index in [9.17, 15) is 4.79 Å². The lowest BCUT2D eigenvalue weighted by atomic mass is 10.2. The van der Waals surface area contributed by atoms with Crippen LogP contribution in [-0.2, 0) is 11.8 Å². The molecule has 0 N–H and O–H groups in total. The van der Waals surface area contributed by atoms with E-state index in [0.717, 1.165) is 11.4 Å². The molecule has 0 spiro atoms. The Balaban J connectivity index is 2.18. The van der Waals surface area contributed by atoms with E-state index in [0.29, 0.717) is 11.3 Å². The Morgan fingerprint density at radius 3 is 2.65 bits per heavy atom. The third kappa shape index (κ3) is 1.91. The van der Waals surface area contributed by atoms with E-state index in [2.05, 4.69) is 19.7 Å². The number of methoxy groups -OCH3 is 1. The van der Waals surface area contributed by atoms with E-state index in [1.54, 1.807) is 0 Å². The lowest BCUT2D eigenvalue weighted by molar-refractivity contribution is 0.0594. The Morgan fingerprint density at radius 2 is 1.95 bits per heavy atom. The van der Waals surface area contributed by atoms with E-state index >= 15 is 0 Å². The smallest absolute Gasteiger partial charge is 0.358 e. The van der Waals surface area contributed by atoms with Crippen molar-refractivity contribution in [3.8, 4) is 11.4 Å². The van der Waals surface area contributed by atoms with Crippen LogP contribution >= 0.6 is 0 Å². The first-order chi connectivity index (χ1) is 9.70. The second kappa shape index (κ2) is 4.73. The molecule has 3 aromatic rings. The Hall–Kier alpha value is -2.76. The first kappa shape index (κ1) is 12.3. The average Bonchev–Trinajstić information content (AvgIpc) is 2.84. The minimum atomic E-state index is -0.512. The molecule has 2 aromatic heterocycles. The number of imidazole rings is 1. The Bertz CT molecular complexity index is 780. The van der Waals surface area contributed by atoms with Crippen molar-refractivity contribution in [1.82, 2.24) is 19.5 Å². The van der Waals surface area contributed by atoms with Gasteiger partial charge in [0, 0.05) is 12.6 Å². The van der Waals surface area contributed by atoms with Crippen LogP contribution in [0, 0.1) is 0 Å². The van der Waals surface area contributed by atoms with Gasteiger partial charge in [-0.15, -0.1) is 0 Å². The molecular formula is C14H12N4O2. The predicted octanol–water partition coefficient (Wildman–Crippen LogP) is 1.82. The molecule has 0 radical (unpaired) electrons. The van der Waals surface area contributed by atoms with Crippen LogP contribution in [0.5, 0.6) is 0 Å². The number of benzene rings is 1. The molecule has 0 bridgehead atoms. The molecule has 3 rings (SSSR count). The van der Waals surface area contributed by atoms with Crippen molar-refractivity contribution in [2.24, 2.45) is 7.05 Å². The molecule has 0 unspecified atom stereocenters. The van der Waals surface area contributed by atoms with Crippen molar-refractivity contribution >= 4 is 17.3 Å². The summed E-state index contributed by atoms with van der Waals surface area (Å²) < 4.78 is 6.46. The van der Waals surface area contributed by atoms with Crippen LogP contribution in [0.25, 0.3) is 22.7 Å². The lowest BCUT2D eigenvalue weighted by Crippen LogP contribution is -2.06. The number of aromatic nitrogens is 4. The zero-order valence-corrected chi connectivity index (χ0v) is 11.1. The van der Waals surface area contributed by atoms with Gasteiger partial charge in [0.25, 0.3) is 0 Å². The first-order valence-corrected chi connectivity index (χ1v) is 6.04. The van der Waals surface area contributed by atoms with E-state index in [-0.39, 0.29) is 5.69 Å². The van der Waals surface area contributed by atoms with Gasteiger partial charge in [-0.3, -0.25) is 0 Å². The van der Waals surface area contributed by atoms with Crippen LogP contribution in [0.3, 0.4) is 0 Å². The van der Waals surface area contributed by atoms with Gasteiger partial charge in [-0.1, -0.05) is 30.3 Å². The number of carbonyl (C=O) groups excluding carboxylic acids is 1. The summed E-state index contributed by atoms with van der Waals surface area (Å²) in [5.41, 5.74) is 2.18. The summed E-state index contributed by atoms with van der Waals surface area (Å²) in [6.45, 7) is 0. The molecule has 0 saturated heterocycles. The second-order valence-electron chi connectivity index (χ2n) is 4.25. The van der Waals surface area contributed by atoms with Gasteiger partial charge < -0.3 is 9.30 Å². The second-order valence-corrected chi connectivity index (χ2v) is 4.25. The van der Waals surface area contributed by atoms with E-state index in [4.69, 9.17) is 0 Å². The molecule has 6 nitrogen and oxygen atoms in total. The number of esters is 1.